The monoisotopic (exact) mass is 891 g/mol. The first-order valence-corrected chi connectivity index (χ1v) is 24.2. The highest BCUT2D eigenvalue weighted by molar-refractivity contribution is 5.91. The van der Waals surface area contributed by atoms with Crippen LogP contribution in [-0.4, -0.2) is 0 Å². The second-order valence-corrected chi connectivity index (χ2v) is 18.7. The standard InChI is InChI=1S/C68H45NO/c1-4-18-46(19-5-1)47-32-37-52(38-33-47)69(54-41-43-64-66(45-54)70-65-31-17-16-30-63(65)68(64)60-28-14-10-24-55(60)56-25-11-15-29-61(56)68)53-39-34-48(35-40-53)49-36-42-62-58(44-49)57-26-12-13-27-59(57)67(62,50-20-6-2-7-21-50)51-22-8-3-9-23-51/h1-45H. The Morgan fingerprint density at radius 2 is 0.629 bits per heavy atom. The molecule has 1 spiro atoms. The van der Waals surface area contributed by atoms with Gasteiger partial charge in [-0.3, -0.25) is 0 Å². The van der Waals surface area contributed by atoms with Gasteiger partial charge in [0.15, 0.2) is 0 Å². The molecule has 2 heteroatoms. The van der Waals surface area contributed by atoms with Crippen molar-refractivity contribution in [3.05, 3.63) is 317 Å². The van der Waals surface area contributed by atoms with Crippen LogP contribution >= 0.6 is 0 Å². The van der Waals surface area contributed by atoms with Crippen molar-refractivity contribution in [3.8, 4) is 56.0 Å². The van der Waals surface area contributed by atoms with E-state index in [1.165, 1.54) is 72.3 Å². The van der Waals surface area contributed by atoms with Crippen LogP contribution in [0.4, 0.5) is 17.1 Å². The van der Waals surface area contributed by atoms with E-state index in [2.05, 4.69) is 278 Å². The normalized spacial score (nSPS) is 13.8. The molecule has 70 heavy (non-hydrogen) atoms. The van der Waals surface area contributed by atoms with Crippen molar-refractivity contribution in [2.75, 3.05) is 4.90 Å². The van der Waals surface area contributed by atoms with Gasteiger partial charge >= 0.3 is 0 Å². The van der Waals surface area contributed by atoms with Crippen LogP contribution < -0.4 is 9.64 Å². The van der Waals surface area contributed by atoms with Crippen molar-refractivity contribution in [1.82, 2.24) is 0 Å². The van der Waals surface area contributed by atoms with Crippen LogP contribution in [0.25, 0.3) is 44.5 Å². The van der Waals surface area contributed by atoms with Gasteiger partial charge in [-0.25, -0.2) is 0 Å². The van der Waals surface area contributed by atoms with Gasteiger partial charge in [-0.15, -0.1) is 0 Å². The van der Waals surface area contributed by atoms with E-state index in [-0.39, 0.29) is 0 Å². The van der Waals surface area contributed by atoms with Crippen molar-refractivity contribution >= 4 is 17.1 Å². The van der Waals surface area contributed by atoms with E-state index in [1.807, 2.05) is 0 Å². The van der Waals surface area contributed by atoms with E-state index in [0.717, 1.165) is 45.3 Å². The minimum absolute atomic E-state index is 0.432. The summed E-state index contributed by atoms with van der Waals surface area (Å²) in [5.74, 6) is 1.73. The van der Waals surface area contributed by atoms with Crippen molar-refractivity contribution in [1.29, 1.82) is 0 Å². The topological polar surface area (TPSA) is 12.5 Å². The average molecular weight is 892 g/mol. The molecule has 0 atom stereocenters. The Morgan fingerprint density at radius 1 is 0.243 bits per heavy atom. The van der Waals surface area contributed by atoms with Gasteiger partial charge in [0.2, 0.25) is 0 Å². The Balaban J connectivity index is 0.902. The third-order valence-electron chi connectivity index (χ3n) is 15.2. The van der Waals surface area contributed by atoms with Crippen molar-refractivity contribution in [2.45, 2.75) is 10.8 Å². The average Bonchev–Trinajstić information content (AvgIpc) is 3.90. The number of ether oxygens (including phenoxy) is 1. The fourth-order valence-electron chi connectivity index (χ4n) is 12.3. The summed E-state index contributed by atoms with van der Waals surface area (Å²) in [6.07, 6.45) is 0. The van der Waals surface area contributed by atoms with Crippen molar-refractivity contribution in [3.63, 3.8) is 0 Å². The Bertz CT molecular complexity index is 3700. The first-order chi connectivity index (χ1) is 34.7. The van der Waals surface area contributed by atoms with E-state index in [0.29, 0.717) is 0 Å². The molecule has 0 amide bonds. The lowest BCUT2D eigenvalue weighted by molar-refractivity contribution is 0.436. The summed E-state index contributed by atoms with van der Waals surface area (Å²) < 4.78 is 7.02. The number of hydrogen-bond donors (Lipinski definition) is 0. The number of benzene rings is 11. The molecule has 11 aromatic rings. The van der Waals surface area contributed by atoms with Crippen LogP contribution in [0.5, 0.6) is 11.5 Å². The molecule has 14 rings (SSSR count). The second-order valence-electron chi connectivity index (χ2n) is 18.7. The molecule has 1 heterocycles. The molecule has 0 N–H and O–H groups in total. The summed E-state index contributed by atoms with van der Waals surface area (Å²) in [5.41, 5.74) is 22.0. The second kappa shape index (κ2) is 15.8. The molecule has 3 aliphatic rings. The Kier molecular flexibility index (Phi) is 9.06. The zero-order chi connectivity index (χ0) is 46.2. The first kappa shape index (κ1) is 40.1. The lowest BCUT2D eigenvalue weighted by Gasteiger charge is -2.40. The Labute approximate surface area is 409 Å². The van der Waals surface area contributed by atoms with Crippen LogP contribution in [-0.2, 0) is 10.8 Å². The minimum atomic E-state index is -0.530. The highest BCUT2D eigenvalue weighted by Crippen LogP contribution is 2.63. The molecule has 11 aromatic carbocycles. The van der Waals surface area contributed by atoms with Gasteiger partial charge in [0.1, 0.15) is 11.5 Å². The summed E-state index contributed by atoms with van der Waals surface area (Å²) in [5, 5.41) is 0. The highest BCUT2D eigenvalue weighted by Gasteiger charge is 2.51. The van der Waals surface area contributed by atoms with Crippen molar-refractivity contribution < 1.29 is 4.74 Å². The number of nitrogens with zero attached hydrogens (tertiary/aromatic N) is 1. The summed E-state index contributed by atoms with van der Waals surface area (Å²) in [6, 6.07) is 99.9. The molecule has 0 bridgehead atoms. The van der Waals surface area contributed by atoms with E-state index in [1.54, 1.807) is 0 Å². The third-order valence-corrected chi connectivity index (χ3v) is 15.2. The van der Waals surface area contributed by atoms with Crippen LogP contribution in [0.3, 0.4) is 0 Å². The van der Waals surface area contributed by atoms with Gasteiger partial charge in [-0.2, -0.15) is 0 Å². The molecular weight excluding hydrogens is 847 g/mol. The number of fused-ring (bicyclic) bond motifs is 12. The minimum Gasteiger partial charge on any atom is -0.457 e. The van der Waals surface area contributed by atoms with E-state index >= 15 is 0 Å². The molecule has 0 radical (unpaired) electrons. The fourth-order valence-corrected chi connectivity index (χ4v) is 12.3. The predicted molar refractivity (Wildman–Crippen MR) is 287 cm³/mol. The Morgan fingerprint density at radius 3 is 1.21 bits per heavy atom. The van der Waals surface area contributed by atoms with Gasteiger partial charge in [-0.05, 0) is 120 Å². The summed E-state index contributed by atoms with van der Waals surface area (Å²) in [6.45, 7) is 0. The summed E-state index contributed by atoms with van der Waals surface area (Å²) in [7, 11) is 0. The summed E-state index contributed by atoms with van der Waals surface area (Å²) in [4.78, 5) is 2.36. The van der Waals surface area contributed by atoms with Gasteiger partial charge in [0, 0.05) is 34.3 Å². The smallest absolute Gasteiger partial charge is 0.134 e. The lowest BCUT2D eigenvalue weighted by atomic mass is 9.66. The molecule has 0 fully saturated rings. The maximum atomic E-state index is 7.02. The van der Waals surface area contributed by atoms with E-state index in [4.69, 9.17) is 4.74 Å². The number of hydrogen-bond acceptors (Lipinski definition) is 2. The molecule has 0 saturated heterocycles. The predicted octanol–water partition coefficient (Wildman–Crippen LogP) is 17.3. The molecule has 328 valence electrons. The molecule has 0 aromatic heterocycles. The molecular formula is C68H45NO. The van der Waals surface area contributed by atoms with Gasteiger partial charge in [-0.1, -0.05) is 224 Å². The SMILES string of the molecule is c1ccc(-c2ccc(N(c3ccc(-c4ccc5c(c4)-c4ccccc4C5(c4ccccc4)c4ccccc4)cc3)c3ccc4c(c3)Oc3ccccc3C43c4ccccc4-c4ccccc43)cc2)cc1. The largest absolute Gasteiger partial charge is 0.457 e. The van der Waals surface area contributed by atoms with E-state index < -0.39 is 10.8 Å². The molecule has 1 aliphatic heterocycles. The van der Waals surface area contributed by atoms with Gasteiger partial charge < -0.3 is 9.64 Å². The highest BCUT2D eigenvalue weighted by atomic mass is 16.5. The van der Waals surface area contributed by atoms with Crippen LogP contribution in [0.1, 0.15) is 44.5 Å². The van der Waals surface area contributed by atoms with Crippen LogP contribution in [0, 0.1) is 0 Å². The summed E-state index contributed by atoms with van der Waals surface area (Å²) >= 11 is 0. The first-order valence-electron chi connectivity index (χ1n) is 24.2. The number of para-hydroxylation sites is 1. The maximum absolute atomic E-state index is 7.02. The molecule has 0 saturated carbocycles. The third kappa shape index (κ3) is 5.80. The van der Waals surface area contributed by atoms with Gasteiger partial charge in [0.05, 0.1) is 10.8 Å². The molecule has 2 nitrogen and oxygen atoms in total. The number of rotatable bonds is 7. The Hall–Kier alpha value is -8.98. The van der Waals surface area contributed by atoms with Gasteiger partial charge in [0.25, 0.3) is 0 Å². The van der Waals surface area contributed by atoms with Crippen molar-refractivity contribution in [2.24, 2.45) is 0 Å². The molecule has 0 unspecified atom stereocenters. The maximum Gasteiger partial charge on any atom is 0.134 e. The zero-order valence-electron chi connectivity index (χ0n) is 38.3. The van der Waals surface area contributed by atoms with Crippen LogP contribution in [0.15, 0.2) is 273 Å². The molecule has 2 aliphatic carbocycles. The fraction of sp³-hybridized carbons (Fsp3) is 0.0294. The lowest BCUT2D eigenvalue weighted by Crippen LogP contribution is -2.32. The van der Waals surface area contributed by atoms with Crippen LogP contribution in [0.2, 0.25) is 0 Å². The zero-order valence-corrected chi connectivity index (χ0v) is 38.3. The number of anilines is 3. The van der Waals surface area contributed by atoms with E-state index in [9.17, 15) is 0 Å². The quantitative estimate of drug-likeness (QED) is 0.158.